The number of nitrogen functional groups attached to an aromatic ring is 1. The van der Waals surface area contributed by atoms with Crippen molar-refractivity contribution in [2.24, 2.45) is 4.99 Å². The van der Waals surface area contributed by atoms with Gasteiger partial charge in [-0.1, -0.05) is 0 Å². The predicted molar refractivity (Wildman–Crippen MR) is 126 cm³/mol. The molecule has 0 unspecified atom stereocenters. The number of anilines is 2. The zero-order chi connectivity index (χ0) is 23.2. The van der Waals surface area contributed by atoms with Gasteiger partial charge in [0.1, 0.15) is 12.5 Å². The maximum atomic E-state index is 14.5. The van der Waals surface area contributed by atoms with Gasteiger partial charge in [0.25, 0.3) is 0 Å². The highest BCUT2D eigenvalue weighted by molar-refractivity contribution is 5.91. The number of aromatic hydroxyl groups is 1. The molecule has 1 aromatic carbocycles. The van der Waals surface area contributed by atoms with Gasteiger partial charge in [0, 0.05) is 49.1 Å². The second-order valence-electron chi connectivity index (χ2n) is 8.87. The first-order valence-corrected chi connectivity index (χ1v) is 11.0. The number of phenols is 1. The highest BCUT2D eigenvalue weighted by Gasteiger charge is 2.45. The van der Waals surface area contributed by atoms with E-state index in [-0.39, 0.29) is 29.5 Å². The molecule has 1 atom stereocenters. The highest BCUT2D eigenvalue weighted by Crippen LogP contribution is 2.38. The third kappa shape index (κ3) is 3.97. The predicted octanol–water partition coefficient (Wildman–Crippen LogP) is 3.44. The zero-order valence-electron chi connectivity index (χ0n) is 18.4. The van der Waals surface area contributed by atoms with Crippen molar-refractivity contribution >= 4 is 28.8 Å². The van der Waals surface area contributed by atoms with E-state index >= 15 is 0 Å². The van der Waals surface area contributed by atoms with Crippen molar-refractivity contribution in [3.8, 4) is 17.0 Å². The first-order valence-electron chi connectivity index (χ1n) is 11.0. The molecule has 172 valence electrons. The van der Waals surface area contributed by atoms with Gasteiger partial charge in [-0.3, -0.25) is 4.99 Å². The number of nitrogens with two attached hydrogens (primary N) is 1. The maximum Gasteiger partial charge on any atom is 0.189 e. The van der Waals surface area contributed by atoms with Crippen LogP contribution in [0.1, 0.15) is 24.8 Å². The molecule has 0 bridgehead atoms. The summed E-state index contributed by atoms with van der Waals surface area (Å²) in [5, 5.41) is 13.8. The van der Waals surface area contributed by atoms with E-state index in [0.717, 1.165) is 38.2 Å². The Kier molecular flexibility index (Phi) is 5.36. The molecule has 9 heteroatoms. The van der Waals surface area contributed by atoms with Gasteiger partial charge < -0.3 is 21.1 Å². The topological polar surface area (TPSA) is 99.7 Å². The van der Waals surface area contributed by atoms with Crippen LogP contribution in [0.2, 0.25) is 0 Å². The second kappa shape index (κ2) is 8.22. The molecule has 0 radical (unpaired) electrons. The van der Waals surface area contributed by atoms with E-state index in [2.05, 4.69) is 20.2 Å². The van der Waals surface area contributed by atoms with Gasteiger partial charge in [-0.25, -0.2) is 18.7 Å². The van der Waals surface area contributed by atoms with Crippen LogP contribution in [0.4, 0.5) is 20.3 Å². The number of alkyl halides is 1. The fourth-order valence-electron chi connectivity index (χ4n) is 4.43. The van der Waals surface area contributed by atoms with Gasteiger partial charge in [0.05, 0.1) is 22.4 Å². The summed E-state index contributed by atoms with van der Waals surface area (Å²) in [4.78, 5) is 15.4. The van der Waals surface area contributed by atoms with Crippen molar-refractivity contribution in [1.29, 1.82) is 0 Å². The molecule has 2 fully saturated rings. The maximum absolute atomic E-state index is 14.5. The van der Waals surface area contributed by atoms with Gasteiger partial charge in [0.15, 0.2) is 11.6 Å². The van der Waals surface area contributed by atoms with Crippen LogP contribution in [0, 0.1) is 5.82 Å². The molecule has 0 spiro atoms. The van der Waals surface area contributed by atoms with Crippen LogP contribution < -0.4 is 16.0 Å². The molecule has 1 saturated carbocycles. The Morgan fingerprint density at radius 1 is 1.27 bits per heavy atom. The zero-order valence-corrected chi connectivity index (χ0v) is 18.4. The fourth-order valence-corrected chi connectivity index (χ4v) is 4.43. The monoisotopic (exact) mass is 452 g/mol. The number of halogens is 2. The number of nitrogens with one attached hydrogen (secondary N) is 1. The number of nitrogens with zero attached hydrogens (tertiary/aromatic N) is 4. The largest absolute Gasteiger partial charge is 0.504 e. The average molecular weight is 453 g/mol. The van der Waals surface area contributed by atoms with E-state index in [1.807, 2.05) is 12.1 Å². The minimum absolute atomic E-state index is 0.161. The molecule has 3 heterocycles. The lowest BCUT2D eigenvalue weighted by molar-refractivity contribution is 0.332. The highest BCUT2D eigenvalue weighted by atomic mass is 19.1. The van der Waals surface area contributed by atoms with E-state index < -0.39 is 11.6 Å². The third-order valence-electron chi connectivity index (χ3n) is 6.51. The number of phenolic OH excluding ortho intramolecular Hbond substituents is 1. The summed E-state index contributed by atoms with van der Waals surface area (Å²) in [6, 6.07) is 9.09. The molecule has 33 heavy (non-hydrogen) atoms. The van der Waals surface area contributed by atoms with Crippen molar-refractivity contribution in [2.45, 2.75) is 30.8 Å². The Morgan fingerprint density at radius 2 is 2.03 bits per heavy atom. The van der Waals surface area contributed by atoms with E-state index in [4.69, 9.17) is 10.7 Å². The number of aromatic nitrogens is 2. The van der Waals surface area contributed by atoms with Crippen molar-refractivity contribution in [2.75, 3.05) is 37.4 Å². The Bertz CT molecular complexity index is 1240. The van der Waals surface area contributed by atoms with Crippen molar-refractivity contribution in [1.82, 2.24) is 15.3 Å². The molecular formula is C24H26F2N6O. The lowest BCUT2D eigenvalue weighted by atomic mass is 10.0. The minimum atomic E-state index is -0.893. The number of fused-ring (bicyclic) bond motifs is 1. The first-order chi connectivity index (χ1) is 15.9. The fraction of sp³-hybridized carbons (Fsp3) is 0.375. The Labute approximate surface area is 190 Å². The normalized spacial score (nSPS) is 19.6. The number of rotatable bonds is 6. The molecule has 3 aromatic rings. The van der Waals surface area contributed by atoms with Crippen LogP contribution in [-0.2, 0) is 0 Å². The Morgan fingerprint density at radius 3 is 2.76 bits per heavy atom. The smallest absolute Gasteiger partial charge is 0.189 e. The van der Waals surface area contributed by atoms with E-state index in [0.29, 0.717) is 22.3 Å². The van der Waals surface area contributed by atoms with Gasteiger partial charge in [-0.05, 0) is 49.6 Å². The summed E-state index contributed by atoms with van der Waals surface area (Å²) < 4.78 is 27.7. The van der Waals surface area contributed by atoms with Crippen LogP contribution in [0.5, 0.6) is 5.75 Å². The Balaban J connectivity index is 1.40. The van der Waals surface area contributed by atoms with Crippen molar-refractivity contribution < 1.29 is 13.9 Å². The van der Waals surface area contributed by atoms with E-state index in [9.17, 15) is 13.9 Å². The molecule has 0 amide bonds. The van der Waals surface area contributed by atoms with Gasteiger partial charge >= 0.3 is 0 Å². The summed E-state index contributed by atoms with van der Waals surface area (Å²) in [6.07, 6.45) is 4.20. The van der Waals surface area contributed by atoms with Crippen LogP contribution >= 0.6 is 0 Å². The summed E-state index contributed by atoms with van der Waals surface area (Å²) in [6.45, 7) is 1.32. The molecule has 7 nitrogen and oxygen atoms in total. The van der Waals surface area contributed by atoms with Crippen LogP contribution in [0.3, 0.4) is 0 Å². The molecule has 5 rings (SSSR count). The molecule has 1 aliphatic heterocycles. The van der Waals surface area contributed by atoms with Crippen LogP contribution in [0.25, 0.3) is 22.3 Å². The molecule has 2 aliphatic rings. The molecule has 4 N–H and O–H groups in total. The quantitative estimate of drug-likeness (QED) is 0.391. The van der Waals surface area contributed by atoms with Gasteiger partial charge in [-0.2, -0.15) is 0 Å². The summed E-state index contributed by atoms with van der Waals surface area (Å²) in [7, 11) is 1.56. The standard InChI is InChI=1S/C24H26F2N6O/c1-28-11-14-10-16(23(33)21(26)22(14)27)17-2-3-19-18(29-17)4-5-20(30-19)32-9-6-15(12-32)31-24(13-25)7-8-24/h2-5,10-11,15,31,33H,6-9,12-13,27H2,1H3/t15-/m1/s1. The molecule has 1 aliphatic carbocycles. The second-order valence-corrected chi connectivity index (χ2v) is 8.87. The minimum Gasteiger partial charge on any atom is -0.504 e. The summed E-state index contributed by atoms with van der Waals surface area (Å²) in [5.74, 6) is -0.598. The summed E-state index contributed by atoms with van der Waals surface area (Å²) in [5.41, 5.74) is 7.63. The third-order valence-corrected chi connectivity index (χ3v) is 6.51. The van der Waals surface area contributed by atoms with Crippen LogP contribution in [-0.4, -0.2) is 59.7 Å². The lowest BCUT2D eigenvalue weighted by Gasteiger charge is -2.21. The lowest BCUT2D eigenvalue weighted by Crippen LogP contribution is -2.43. The Hall–Kier alpha value is -3.33. The van der Waals surface area contributed by atoms with E-state index in [1.165, 1.54) is 6.21 Å². The number of hydrogen-bond acceptors (Lipinski definition) is 7. The number of aliphatic imine (C=N–C) groups is 1. The number of benzene rings is 1. The molecular weight excluding hydrogens is 426 g/mol. The first kappa shape index (κ1) is 21.5. The van der Waals surface area contributed by atoms with E-state index in [1.54, 1.807) is 25.2 Å². The van der Waals surface area contributed by atoms with Crippen LogP contribution in [0.15, 0.2) is 35.3 Å². The summed E-state index contributed by atoms with van der Waals surface area (Å²) >= 11 is 0. The SMILES string of the molecule is CN=Cc1cc(-c2ccc3nc(N4CC[C@@H](NC5(CF)CC5)C4)ccc3n2)c(O)c(F)c1N. The van der Waals surface area contributed by atoms with Gasteiger partial charge in [0.2, 0.25) is 0 Å². The molecule has 2 aromatic heterocycles. The molecule has 1 saturated heterocycles. The van der Waals surface area contributed by atoms with Crippen molar-refractivity contribution in [3.63, 3.8) is 0 Å². The average Bonchev–Trinajstić information content (AvgIpc) is 3.45. The van der Waals surface area contributed by atoms with Gasteiger partial charge in [-0.15, -0.1) is 0 Å². The number of pyridine rings is 2. The number of hydrogen-bond donors (Lipinski definition) is 3. The van der Waals surface area contributed by atoms with Crippen molar-refractivity contribution in [3.05, 3.63) is 41.7 Å².